The van der Waals surface area contributed by atoms with Crippen LogP contribution in [0.4, 0.5) is 35.4 Å². The second-order valence-corrected chi connectivity index (χ2v) is 11.3. The number of sulfonamides is 1. The Bertz CT molecular complexity index is 1890. The molecule has 18 nitrogen and oxygen atoms in total. The van der Waals surface area contributed by atoms with Crippen molar-refractivity contribution < 1.29 is 50.3 Å². The minimum atomic E-state index is -4.63. The van der Waals surface area contributed by atoms with Crippen molar-refractivity contribution in [3.63, 3.8) is 0 Å². The molecule has 2 aromatic carbocycles. The minimum absolute atomic E-state index is 0.0725. The number of hydrogen-bond donors (Lipinski definition) is 3. The second kappa shape index (κ2) is 16.3. The van der Waals surface area contributed by atoms with Gasteiger partial charge >= 0.3 is 29.9 Å². The highest BCUT2D eigenvalue weighted by molar-refractivity contribution is 7.90. The van der Waals surface area contributed by atoms with Crippen LogP contribution in [0.2, 0.25) is 10.0 Å². The predicted octanol–water partition coefficient (Wildman–Crippen LogP) is 4.11. The van der Waals surface area contributed by atoms with E-state index in [4.69, 9.17) is 47.9 Å². The number of hydrogen-bond acceptors (Lipinski definition) is 14. The number of ether oxygens (including phenoxy) is 4. The van der Waals surface area contributed by atoms with Crippen LogP contribution in [0.15, 0.2) is 47.5 Å². The molecule has 0 saturated carbocycles. The Labute approximate surface area is 284 Å². The lowest BCUT2D eigenvalue weighted by molar-refractivity contribution is -0.383. The van der Waals surface area contributed by atoms with Gasteiger partial charge in [-0.15, -0.1) is 4.98 Å². The van der Waals surface area contributed by atoms with E-state index < -0.39 is 44.2 Å². The lowest BCUT2D eigenvalue weighted by Crippen LogP contribution is -2.35. The van der Waals surface area contributed by atoms with Crippen LogP contribution in [-0.4, -0.2) is 78.6 Å². The largest absolute Gasteiger partial charge is 0.490 e. The topological polar surface area (TPSA) is 238 Å². The number of benzene rings is 2. The number of alkyl halides is 3. The average Bonchev–Trinajstić information content (AvgIpc) is 3.41. The molecular formula is C25H24Cl2F3N9O9S. The van der Waals surface area contributed by atoms with E-state index in [9.17, 15) is 36.5 Å². The Morgan fingerprint density at radius 2 is 1.63 bits per heavy atom. The summed E-state index contributed by atoms with van der Waals surface area (Å²) in [5, 5.41) is 15.7. The first-order chi connectivity index (χ1) is 23.0. The van der Waals surface area contributed by atoms with Crippen LogP contribution in [-0.2, 0) is 20.9 Å². The fraction of sp³-hybridized carbons (Fsp3) is 0.240. The predicted molar refractivity (Wildman–Crippen MR) is 166 cm³/mol. The van der Waals surface area contributed by atoms with E-state index in [1.54, 1.807) is 6.07 Å². The number of nitrogens with two attached hydrogens (primary N) is 1. The lowest BCUT2D eigenvalue weighted by atomic mass is 10.2. The number of anilines is 2. The third-order valence-electron chi connectivity index (χ3n) is 5.63. The van der Waals surface area contributed by atoms with E-state index in [0.29, 0.717) is 12.1 Å². The molecule has 4 aromatic rings. The molecule has 24 heteroatoms. The van der Waals surface area contributed by atoms with E-state index in [1.165, 1.54) is 39.5 Å². The number of methoxy groups -OCH3 is 3. The molecule has 0 atom stereocenters. The van der Waals surface area contributed by atoms with Crippen molar-refractivity contribution in [3.05, 3.63) is 68.3 Å². The van der Waals surface area contributed by atoms with Gasteiger partial charge in [0.2, 0.25) is 11.8 Å². The number of aromatic nitrogens is 5. The highest BCUT2D eigenvalue weighted by atomic mass is 35.5. The number of carbonyl (C=O) groups is 1. The van der Waals surface area contributed by atoms with E-state index in [1.807, 2.05) is 4.72 Å². The first kappa shape index (κ1) is 38.3. The van der Waals surface area contributed by atoms with Crippen molar-refractivity contribution in [2.75, 3.05) is 45.6 Å². The van der Waals surface area contributed by atoms with E-state index in [-0.39, 0.29) is 57.6 Å². The van der Waals surface area contributed by atoms with E-state index in [2.05, 4.69) is 25.4 Å². The number of nitrogen functional groups attached to an aromatic ring is 1. The van der Waals surface area contributed by atoms with Crippen LogP contribution >= 0.6 is 23.2 Å². The molecular weight excluding hydrogens is 730 g/mol. The summed E-state index contributed by atoms with van der Waals surface area (Å²) in [6, 6.07) is 5.79. The molecule has 2 amide bonds. The van der Waals surface area contributed by atoms with Gasteiger partial charge in [-0.05, 0) is 24.3 Å². The van der Waals surface area contributed by atoms with Crippen molar-refractivity contribution in [1.82, 2.24) is 29.5 Å². The monoisotopic (exact) mass is 753 g/mol. The SMILES string of the molecule is COCCOc1ccccc1S(=O)(=O)NC(=O)Nc1nc(OC)nc(OC)n1.Nc1c([N+](=O)[O-])cnn1-c1c(Cl)cc(C(F)(F)F)cc1Cl. The number of para-hydroxylation sites is 1. The van der Waals surface area contributed by atoms with Crippen LogP contribution in [0.1, 0.15) is 5.56 Å². The number of carbonyl (C=O) groups excluding carboxylic acids is 1. The number of nitrogens with one attached hydrogen (secondary N) is 2. The van der Waals surface area contributed by atoms with Gasteiger partial charge in [0, 0.05) is 7.11 Å². The van der Waals surface area contributed by atoms with Crippen molar-refractivity contribution in [2.24, 2.45) is 0 Å². The number of urea groups is 1. The highest BCUT2D eigenvalue weighted by Crippen LogP contribution is 2.39. The number of rotatable bonds is 11. The van der Waals surface area contributed by atoms with Crippen LogP contribution in [0.3, 0.4) is 0 Å². The van der Waals surface area contributed by atoms with Crippen molar-refractivity contribution >= 4 is 56.7 Å². The molecule has 49 heavy (non-hydrogen) atoms. The Balaban J connectivity index is 0.000000276. The molecule has 0 aliphatic rings. The number of halogens is 5. The molecule has 0 saturated heterocycles. The average molecular weight is 754 g/mol. The van der Waals surface area contributed by atoms with Gasteiger partial charge in [0.25, 0.3) is 10.0 Å². The third-order valence-corrected chi connectivity index (χ3v) is 7.58. The molecule has 0 bridgehead atoms. The molecule has 0 spiro atoms. The van der Waals surface area contributed by atoms with Crippen molar-refractivity contribution in [1.29, 1.82) is 0 Å². The molecule has 0 unspecified atom stereocenters. The van der Waals surface area contributed by atoms with Gasteiger partial charge in [0.15, 0.2) is 0 Å². The van der Waals surface area contributed by atoms with Gasteiger partial charge in [-0.1, -0.05) is 35.3 Å². The second-order valence-electron chi connectivity index (χ2n) is 8.85. The number of amides is 2. The molecule has 4 rings (SSSR count). The Kier molecular flexibility index (Phi) is 12.7. The first-order valence-corrected chi connectivity index (χ1v) is 15.2. The van der Waals surface area contributed by atoms with Crippen LogP contribution < -0.4 is 30.0 Å². The smallest absolute Gasteiger partial charge is 0.416 e. The van der Waals surface area contributed by atoms with E-state index >= 15 is 0 Å². The maximum atomic E-state index is 12.6. The molecule has 264 valence electrons. The summed E-state index contributed by atoms with van der Waals surface area (Å²) >= 11 is 11.5. The third kappa shape index (κ3) is 9.91. The number of nitrogens with zero attached hydrogens (tertiary/aromatic N) is 6. The molecule has 4 N–H and O–H groups in total. The zero-order valence-corrected chi connectivity index (χ0v) is 27.5. The summed E-state index contributed by atoms with van der Waals surface area (Å²) in [6.45, 7) is 0.408. The lowest BCUT2D eigenvalue weighted by Gasteiger charge is -2.12. The fourth-order valence-electron chi connectivity index (χ4n) is 3.51. The summed E-state index contributed by atoms with van der Waals surface area (Å²) in [4.78, 5) is 33.1. The summed E-state index contributed by atoms with van der Waals surface area (Å²) < 4.78 is 85.6. The number of nitro groups is 1. The summed E-state index contributed by atoms with van der Waals surface area (Å²) in [6.07, 6.45) is -3.78. The van der Waals surface area contributed by atoms with Gasteiger partial charge in [0.1, 0.15) is 29.1 Å². The Morgan fingerprint density at radius 3 is 2.14 bits per heavy atom. The summed E-state index contributed by atoms with van der Waals surface area (Å²) in [7, 11) is -0.133. The Morgan fingerprint density at radius 1 is 1.04 bits per heavy atom. The first-order valence-electron chi connectivity index (χ1n) is 13.0. The maximum absolute atomic E-state index is 12.6. The zero-order valence-electron chi connectivity index (χ0n) is 25.2. The van der Waals surface area contributed by atoms with Crippen molar-refractivity contribution in [2.45, 2.75) is 11.1 Å². The molecule has 2 aromatic heterocycles. The standard InChI is InChI=1S/C15H19N5O7S.C10H5Cl2F3N4O2/c1-24-8-9-27-10-6-4-5-7-11(10)28(22,23)20-13(21)16-12-17-14(25-2)19-15(18-12)26-3;11-5-1-4(10(13,14)15)2-6(12)8(5)18-9(16)7(3-17-18)19(20)21/h4-7H,8-9H2,1-3H3,(H2,16,17,18,19,20,21);1-3H,16H2. The van der Waals surface area contributed by atoms with Gasteiger partial charge in [-0.3, -0.25) is 15.4 Å². The van der Waals surface area contributed by atoms with Gasteiger partial charge in [-0.2, -0.15) is 28.2 Å². The van der Waals surface area contributed by atoms with Gasteiger partial charge in [0.05, 0.1) is 41.4 Å². The summed E-state index contributed by atoms with van der Waals surface area (Å²) in [5.41, 5.74) is 3.78. The van der Waals surface area contributed by atoms with Crippen LogP contribution in [0.25, 0.3) is 5.69 Å². The molecule has 2 heterocycles. The highest BCUT2D eigenvalue weighted by Gasteiger charge is 2.33. The Hall–Kier alpha value is -5.19. The van der Waals surface area contributed by atoms with Gasteiger partial charge < -0.3 is 24.7 Å². The molecule has 0 aliphatic heterocycles. The molecule has 0 aliphatic carbocycles. The summed E-state index contributed by atoms with van der Waals surface area (Å²) in [5.74, 6) is -0.590. The minimum Gasteiger partial charge on any atom is -0.490 e. The fourth-order valence-corrected chi connectivity index (χ4v) is 5.21. The van der Waals surface area contributed by atoms with E-state index in [0.717, 1.165) is 10.9 Å². The van der Waals surface area contributed by atoms with Gasteiger partial charge in [-0.25, -0.2) is 22.6 Å². The maximum Gasteiger partial charge on any atom is 0.416 e. The zero-order chi connectivity index (χ0) is 36.5. The normalized spacial score (nSPS) is 11.2. The van der Waals surface area contributed by atoms with Crippen LogP contribution in [0, 0.1) is 10.1 Å². The van der Waals surface area contributed by atoms with Crippen LogP contribution in [0.5, 0.6) is 17.8 Å². The quantitative estimate of drug-likeness (QED) is 0.111. The van der Waals surface area contributed by atoms with Crippen molar-refractivity contribution in [3.8, 4) is 23.5 Å². The molecule has 0 fully saturated rings. The molecule has 0 radical (unpaired) electrons.